The number of ketones is 1. The number of hydrogen-bond donors (Lipinski definition) is 2. The van der Waals surface area contributed by atoms with Crippen molar-refractivity contribution in [2.75, 3.05) is 0 Å². The van der Waals surface area contributed by atoms with Crippen molar-refractivity contribution in [1.29, 1.82) is 0 Å². The fourth-order valence-electron chi connectivity index (χ4n) is 3.71. The number of halogens is 1. The van der Waals surface area contributed by atoms with E-state index in [0.717, 1.165) is 11.1 Å². The van der Waals surface area contributed by atoms with Crippen LogP contribution in [-0.4, -0.2) is 30.4 Å². The van der Waals surface area contributed by atoms with E-state index < -0.39 is 16.0 Å². The van der Waals surface area contributed by atoms with Gasteiger partial charge in [0.1, 0.15) is 5.02 Å². The minimum atomic E-state index is -3.45. The predicted molar refractivity (Wildman–Crippen MR) is 141 cm³/mol. The zero-order chi connectivity index (χ0) is 26.8. The van der Waals surface area contributed by atoms with Gasteiger partial charge in [-0.1, -0.05) is 22.8 Å². The quantitative estimate of drug-likeness (QED) is 0.280. The van der Waals surface area contributed by atoms with Crippen molar-refractivity contribution in [1.82, 2.24) is 5.16 Å². The van der Waals surface area contributed by atoms with Crippen LogP contribution in [-0.2, 0) is 16.4 Å². The smallest absolute Gasteiger partial charge is 0.336 e. The first kappa shape index (κ1) is 27.8. The van der Waals surface area contributed by atoms with Gasteiger partial charge in [-0.15, -0.1) is 11.3 Å². The summed E-state index contributed by atoms with van der Waals surface area (Å²) in [6, 6.07) is 5.06. The second-order valence-electron chi connectivity index (χ2n) is 7.97. The summed E-state index contributed by atoms with van der Waals surface area (Å²) in [4.78, 5) is 25.3. The van der Waals surface area contributed by atoms with E-state index in [-0.39, 0.29) is 22.7 Å². The Labute approximate surface area is 221 Å². The Kier molecular flexibility index (Phi) is 8.52. The molecule has 0 unspecified atom stereocenters. The number of nitrogens with two attached hydrogens (primary N) is 1. The zero-order valence-electron chi connectivity index (χ0n) is 19.8. The molecule has 0 aliphatic heterocycles. The van der Waals surface area contributed by atoms with Crippen molar-refractivity contribution >= 4 is 56.1 Å². The number of carboxylic acid groups (broad SMARTS) is 1. The molecule has 3 heterocycles. The molecule has 4 rings (SSSR count). The molecule has 0 bridgehead atoms. The third-order valence-corrected chi connectivity index (χ3v) is 8.60. The second kappa shape index (κ2) is 11.1. The number of benzene rings is 1. The maximum absolute atomic E-state index is 13.0. The molecule has 0 amide bonds. The van der Waals surface area contributed by atoms with Gasteiger partial charge in [-0.2, -0.15) is 11.3 Å². The third-order valence-electron chi connectivity index (χ3n) is 5.46. The largest absolute Gasteiger partial charge is 0.478 e. The molecule has 0 saturated heterocycles. The number of nitrogens with zero attached hydrogens (tertiary/aromatic N) is 1. The highest BCUT2D eigenvalue weighted by Crippen LogP contribution is 2.36. The molecule has 0 saturated carbocycles. The number of rotatable bonds is 6. The van der Waals surface area contributed by atoms with Gasteiger partial charge in [0.05, 0.1) is 21.0 Å². The van der Waals surface area contributed by atoms with Gasteiger partial charge in [0.15, 0.2) is 11.5 Å². The average molecular weight is 567 g/mol. The van der Waals surface area contributed by atoms with Gasteiger partial charge in [-0.05, 0) is 72.8 Å². The molecule has 0 spiro atoms. The fraction of sp³-hybridized carbons (Fsp3) is 0.208. The fourth-order valence-corrected chi connectivity index (χ4v) is 6.28. The summed E-state index contributed by atoms with van der Waals surface area (Å²) in [5.74, 6) is -0.724. The zero-order valence-corrected chi connectivity index (χ0v) is 23.0. The lowest BCUT2D eigenvalue weighted by molar-refractivity contribution is 0.0694. The molecular weight excluding hydrogens is 544 g/mol. The summed E-state index contributed by atoms with van der Waals surface area (Å²) in [7, 11) is -3.45. The summed E-state index contributed by atoms with van der Waals surface area (Å²) in [6.07, 6.45) is 0.108. The lowest BCUT2D eigenvalue weighted by atomic mass is 9.90. The van der Waals surface area contributed by atoms with E-state index in [9.17, 15) is 23.1 Å². The molecule has 0 aliphatic carbocycles. The number of thiophene rings is 2. The summed E-state index contributed by atoms with van der Waals surface area (Å²) < 4.78 is 26.2. The first-order valence-electron chi connectivity index (χ1n) is 10.4. The number of sulfonamides is 1. The van der Waals surface area contributed by atoms with E-state index in [0.29, 0.717) is 38.0 Å². The Morgan fingerprint density at radius 3 is 2.33 bits per heavy atom. The lowest BCUT2D eigenvalue weighted by Gasteiger charge is -2.14. The van der Waals surface area contributed by atoms with Gasteiger partial charge in [0.2, 0.25) is 10.0 Å². The standard InChI is InChI=1S/C20H18ClNO4S.C4H5NO2S2/c1-9-7-10(2)16(20(24)25)11(3)14(9)8-15(23)19-13(5-6-27-19)18-17(21)12(4)22-26-18;5-9(6,7)4-1-2-8-3-4/h5-7H,8H2,1-4H3,(H,24,25);1-3H,(H2,5,6,7). The van der Waals surface area contributed by atoms with Crippen molar-refractivity contribution in [3.8, 4) is 11.3 Å². The first-order valence-corrected chi connectivity index (χ1v) is 14.2. The van der Waals surface area contributed by atoms with E-state index in [1.54, 1.807) is 37.6 Å². The number of aromatic nitrogens is 1. The average Bonchev–Trinajstić information content (AvgIpc) is 3.53. The van der Waals surface area contributed by atoms with E-state index in [1.165, 1.54) is 34.1 Å². The summed E-state index contributed by atoms with van der Waals surface area (Å²) in [5.41, 5.74) is 4.37. The van der Waals surface area contributed by atoms with Gasteiger partial charge in [-0.3, -0.25) is 4.79 Å². The van der Waals surface area contributed by atoms with Crippen LogP contribution in [0.3, 0.4) is 0 Å². The van der Waals surface area contributed by atoms with Crippen LogP contribution >= 0.6 is 34.3 Å². The van der Waals surface area contributed by atoms with Gasteiger partial charge in [-0.25, -0.2) is 18.4 Å². The third kappa shape index (κ3) is 5.93. The van der Waals surface area contributed by atoms with E-state index in [2.05, 4.69) is 5.16 Å². The van der Waals surface area contributed by atoms with Crippen LogP contribution < -0.4 is 5.14 Å². The van der Waals surface area contributed by atoms with E-state index in [4.69, 9.17) is 21.3 Å². The first-order chi connectivity index (χ1) is 16.8. The highest BCUT2D eigenvalue weighted by molar-refractivity contribution is 7.89. The molecule has 3 aromatic heterocycles. The second-order valence-corrected chi connectivity index (χ2v) is 11.6. The number of hydrogen-bond acceptors (Lipinski definition) is 8. The van der Waals surface area contributed by atoms with Crippen molar-refractivity contribution in [2.24, 2.45) is 5.14 Å². The number of carboxylic acids is 1. The number of Topliss-reactive ketones (excluding diaryl/α,β-unsaturated/α-hetero) is 1. The van der Waals surface area contributed by atoms with Crippen molar-refractivity contribution < 1.29 is 27.6 Å². The summed E-state index contributed by atoms with van der Waals surface area (Å²) in [5, 5.41) is 23.5. The predicted octanol–water partition coefficient (Wildman–Crippen LogP) is 5.81. The molecule has 0 aliphatic rings. The molecule has 0 atom stereocenters. The molecule has 12 heteroatoms. The van der Waals surface area contributed by atoms with Gasteiger partial charge in [0, 0.05) is 17.4 Å². The number of aryl methyl sites for hydroxylation is 3. The SMILES string of the molecule is Cc1cc(C)c(C(=O)O)c(C)c1CC(=O)c1sccc1-c1onc(C)c1Cl.NS(=O)(=O)c1ccsc1. The van der Waals surface area contributed by atoms with Crippen LogP contribution in [0.5, 0.6) is 0 Å². The monoisotopic (exact) mass is 566 g/mol. The Morgan fingerprint density at radius 2 is 1.83 bits per heavy atom. The van der Waals surface area contributed by atoms with Crippen LogP contribution in [0.2, 0.25) is 5.02 Å². The van der Waals surface area contributed by atoms with E-state index in [1.807, 2.05) is 13.0 Å². The maximum atomic E-state index is 13.0. The van der Waals surface area contributed by atoms with Crippen molar-refractivity contribution in [3.05, 3.63) is 77.8 Å². The lowest BCUT2D eigenvalue weighted by Crippen LogP contribution is -2.11. The Balaban J connectivity index is 0.000000338. The van der Waals surface area contributed by atoms with Crippen LogP contribution in [0, 0.1) is 27.7 Å². The van der Waals surface area contributed by atoms with Crippen LogP contribution in [0.15, 0.2) is 43.8 Å². The maximum Gasteiger partial charge on any atom is 0.336 e. The van der Waals surface area contributed by atoms with Crippen LogP contribution in [0.25, 0.3) is 11.3 Å². The Morgan fingerprint density at radius 1 is 1.14 bits per heavy atom. The molecular formula is C24H23ClN2O6S3. The summed E-state index contributed by atoms with van der Waals surface area (Å²) in [6.45, 7) is 7.13. The molecule has 0 fully saturated rings. The normalized spacial score (nSPS) is 11.2. The van der Waals surface area contributed by atoms with Gasteiger partial charge >= 0.3 is 5.97 Å². The topological polar surface area (TPSA) is 141 Å². The molecule has 190 valence electrons. The highest BCUT2D eigenvalue weighted by atomic mass is 35.5. The molecule has 3 N–H and O–H groups in total. The van der Waals surface area contributed by atoms with Crippen LogP contribution in [0.1, 0.15) is 48.0 Å². The van der Waals surface area contributed by atoms with Gasteiger partial charge in [0.25, 0.3) is 0 Å². The Bertz CT molecular complexity index is 1540. The Hall–Kier alpha value is -2.83. The number of primary sulfonamides is 1. The van der Waals surface area contributed by atoms with Crippen LogP contribution in [0.4, 0.5) is 0 Å². The number of carbonyl (C=O) groups is 2. The van der Waals surface area contributed by atoms with Crippen molar-refractivity contribution in [2.45, 2.75) is 39.0 Å². The molecule has 8 nitrogen and oxygen atoms in total. The molecule has 0 radical (unpaired) electrons. The minimum Gasteiger partial charge on any atom is -0.478 e. The number of carbonyl (C=O) groups excluding carboxylic acids is 1. The molecule has 36 heavy (non-hydrogen) atoms. The van der Waals surface area contributed by atoms with E-state index >= 15 is 0 Å². The van der Waals surface area contributed by atoms with Gasteiger partial charge < -0.3 is 9.63 Å². The highest BCUT2D eigenvalue weighted by Gasteiger charge is 2.24. The molecule has 4 aromatic rings. The number of aromatic carboxylic acids is 1. The minimum absolute atomic E-state index is 0.108. The van der Waals surface area contributed by atoms with Crippen molar-refractivity contribution in [3.63, 3.8) is 0 Å². The molecule has 1 aromatic carbocycles. The summed E-state index contributed by atoms with van der Waals surface area (Å²) >= 11 is 8.84.